The molecule has 0 spiro atoms. The maximum absolute atomic E-state index is 12.0. The first-order valence-electron chi connectivity index (χ1n) is 5.78. The van der Waals surface area contributed by atoms with Crippen molar-refractivity contribution in [3.8, 4) is 0 Å². The Balaban J connectivity index is 0.000000383. The zero-order chi connectivity index (χ0) is 16.0. The summed E-state index contributed by atoms with van der Waals surface area (Å²) < 4.78 is 48.0. The molecule has 0 aromatic rings. The summed E-state index contributed by atoms with van der Waals surface area (Å²) in [5.41, 5.74) is 0.785. The molecule has 1 aliphatic heterocycles. The van der Waals surface area contributed by atoms with Gasteiger partial charge in [-0.15, -0.1) is 0 Å². The van der Waals surface area contributed by atoms with Crippen molar-refractivity contribution in [3.63, 3.8) is 0 Å². The Morgan fingerprint density at radius 2 is 2.10 bits per heavy atom. The van der Waals surface area contributed by atoms with Crippen molar-refractivity contribution in [3.05, 3.63) is 33.4 Å². The van der Waals surface area contributed by atoms with Gasteiger partial charge in [0.05, 0.1) is 0 Å². The Morgan fingerprint density at radius 1 is 1.48 bits per heavy atom. The summed E-state index contributed by atoms with van der Waals surface area (Å²) in [5, 5.41) is 0. The molecule has 6 nitrogen and oxygen atoms in total. The van der Waals surface area contributed by atoms with Crippen LogP contribution in [0.1, 0.15) is 13.3 Å². The van der Waals surface area contributed by atoms with Crippen molar-refractivity contribution >= 4 is 40.3 Å². The van der Waals surface area contributed by atoms with Crippen molar-refractivity contribution in [2.24, 2.45) is 0 Å². The van der Waals surface area contributed by atoms with Crippen molar-refractivity contribution in [2.75, 3.05) is 13.7 Å². The molecule has 2 rings (SSSR count). The van der Waals surface area contributed by atoms with E-state index in [0.717, 1.165) is 20.6 Å². The summed E-state index contributed by atoms with van der Waals surface area (Å²) in [4.78, 5) is 12.0. The van der Waals surface area contributed by atoms with Crippen LogP contribution in [0, 0.1) is 0 Å². The monoisotopic (exact) mass is 435 g/mol. The second kappa shape index (κ2) is 7.84. The zero-order valence-corrected chi connectivity index (χ0v) is 14.5. The number of hydrogen-bond acceptors (Lipinski definition) is 5. The standard InChI is InChI=1S/C12H13O3Te.FHO3S/c1-3-15-10-4-5-16-11-7-8(14-2)6-9(13)12(10)11;1-5(2,3)4/h4-5,7H,3,6H2,1-2H3;(H,2,3,4). The molecule has 0 aromatic heterocycles. The first-order chi connectivity index (χ1) is 9.76. The fourth-order valence-electron chi connectivity index (χ4n) is 1.66. The third kappa shape index (κ3) is 6.09. The molecule has 1 radical (unpaired) electrons. The van der Waals surface area contributed by atoms with E-state index in [0.29, 0.717) is 13.0 Å². The molecule has 0 saturated carbocycles. The molecule has 1 heterocycles. The largest absolute Gasteiger partial charge is 0.435 e. The van der Waals surface area contributed by atoms with Gasteiger partial charge in [-0.3, -0.25) is 4.55 Å². The summed E-state index contributed by atoms with van der Waals surface area (Å²) in [5.74, 6) is 1.61. The predicted octanol–water partition coefficient (Wildman–Crippen LogP) is 0.943. The van der Waals surface area contributed by atoms with E-state index in [9.17, 15) is 8.68 Å². The molecule has 0 aromatic carbocycles. The summed E-state index contributed by atoms with van der Waals surface area (Å²) in [6.45, 7) is 2.52. The Labute approximate surface area is 131 Å². The predicted molar refractivity (Wildman–Crippen MR) is 75.9 cm³/mol. The van der Waals surface area contributed by atoms with Gasteiger partial charge in [0.2, 0.25) is 0 Å². The van der Waals surface area contributed by atoms with E-state index in [2.05, 4.69) is 4.12 Å². The average molecular weight is 433 g/mol. The van der Waals surface area contributed by atoms with Gasteiger partial charge >= 0.3 is 115 Å². The van der Waals surface area contributed by atoms with E-state index in [1.165, 1.54) is 0 Å². The van der Waals surface area contributed by atoms with Gasteiger partial charge in [0.25, 0.3) is 0 Å². The van der Waals surface area contributed by atoms with Crippen LogP contribution in [0.5, 0.6) is 0 Å². The Kier molecular flexibility index (Phi) is 6.74. The van der Waals surface area contributed by atoms with Crippen LogP contribution in [0.4, 0.5) is 3.89 Å². The first kappa shape index (κ1) is 18.0. The maximum atomic E-state index is 12.0. The molecule has 0 atom stereocenters. The number of rotatable bonds is 3. The molecule has 21 heavy (non-hydrogen) atoms. The Bertz CT molecular complexity index is 637. The van der Waals surface area contributed by atoms with Crippen LogP contribution in [0.3, 0.4) is 0 Å². The van der Waals surface area contributed by atoms with Crippen molar-refractivity contribution in [1.29, 1.82) is 0 Å². The minimum absolute atomic E-state index is 0.118. The number of ketones is 1. The molecule has 117 valence electrons. The molecular formula is C12H14FO6STe. The summed E-state index contributed by atoms with van der Waals surface area (Å²) >= 11 is -0.405. The number of allylic oxidation sites excluding steroid dienone is 4. The van der Waals surface area contributed by atoms with Gasteiger partial charge in [-0.25, -0.2) is 0 Å². The number of halogens is 1. The summed E-state index contributed by atoms with van der Waals surface area (Å²) in [6, 6.07) is 0. The molecule has 1 aliphatic carbocycles. The zero-order valence-electron chi connectivity index (χ0n) is 11.3. The summed E-state index contributed by atoms with van der Waals surface area (Å²) in [7, 11) is -3.56. The fourth-order valence-corrected chi connectivity index (χ4v) is 4.15. The van der Waals surface area contributed by atoms with E-state index >= 15 is 0 Å². The van der Waals surface area contributed by atoms with E-state index in [4.69, 9.17) is 22.4 Å². The molecule has 9 heteroatoms. The van der Waals surface area contributed by atoms with Gasteiger partial charge in [0.15, 0.2) is 0 Å². The molecule has 2 aliphatic rings. The minimum atomic E-state index is -5.17. The van der Waals surface area contributed by atoms with Crippen LogP contribution in [-0.4, -0.2) is 56.5 Å². The van der Waals surface area contributed by atoms with Crippen LogP contribution < -0.4 is 0 Å². The summed E-state index contributed by atoms with van der Waals surface area (Å²) in [6.07, 6.45) is 4.29. The number of carbonyl (C=O) groups is 1. The number of fused-ring (bicyclic) bond motifs is 1. The van der Waals surface area contributed by atoms with Gasteiger partial charge in [0, 0.05) is 0 Å². The van der Waals surface area contributed by atoms with Crippen molar-refractivity contribution < 1.29 is 31.1 Å². The Morgan fingerprint density at radius 3 is 2.62 bits per heavy atom. The Hall–Kier alpha value is -1.01. The maximum Gasteiger partial charge on any atom is 0.435 e. The van der Waals surface area contributed by atoms with Crippen LogP contribution in [0.2, 0.25) is 0 Å². The minimum Gasteiger partial charge on any atom is -0.260 e. The second-order valence-corrected chi connectivity index (χ2v) is 7.31. The molecule has 0 unspecified atom stereocenters. The van der Waals surface area contributed by atoms with E-state index in [1.54, 1.807) is 7.11 Å². The molecule has 0 bridgehead atoms. The molecule has 0 fully saturated rings. The van der Waals surface area contributed by atoms with Gasteiger partial charge in [-0.1, -0.05) is 3.89 Å². The number of ether oxygens (including phenoxy) is 2. The van der Waals surface area contributed by atoms with E-state index in [-0.39, 0.29) is 5.78 Å². The smallest absolute Gasteiger partial charge is 0.260 e. The third-order valence-electron chi connectivity index (χ3n) is 2.37. The van der Waals surface area contributed by atoms with E-state index < -0.39 is 31.0 Å². The average Bonchev–Trinajstić information content (AvgIpc) is 2.36. The normalized spacial score (nSPS) is 17.2. The van der Waals surface area contributed by atoms with Crippen LogP contribution in [-0.2, 0) is 24.8 Å². The van der Waals surface area contributed by atoms with Gasteiger partial charge in [0.1, 0.15) is 0 Å². The second-order valence-electron chi connectivity index (χ2n) is 3.78. The van der Waals surface area contributed by atoms with Gasteiger partial charge in [-0.05, 0) is 0 Å². The molecular weight excluding hydrogens is 419 g/mol. The quantitative estimate of drug-likeness (QED) is 0.405. The number of hydrogen-bond donors (Lipinski definition) is 1. The van der Waals surface area contributed by atoms with Gasteiger partial charge in [-0.2, -0.15) is 8.42 Å². The fraction of sp³-hybridized carbons (Fsp3) is 0.333. The SMILES string of the molecule is CCOC1=C2C(=O)CC(OC)=CC2=[Te]C=C1.O=S(=O)(O)F. The number of Topliss-reactive ketones (excluding diaryl/α,β-unsaturated/α-hetero) is 1. The number of methoxy groups -OCH3 is 1. The molecule has 1 N–H and O–H groups in total. The van der Waals surface area contributed by atoms with Gasteiger partial charge < -0.3 is 0 Å². The molecule has 0 saturated heterocycles. The topological polar surface area (TPSA) is 89.9 Å². The first-order valence-corrected chi connectivity index (χ1v) is 9.63. The molecule has 0 amide bonds. The van der Waals surface area contributed by atoms with Crippen LogP contribution in [0.15, 0.2) is 33.4 Å². The van der Waals surface area contributed by atoms with Crippen molar-refractivity contribution in [2.45, 2.75) is 13.3 Å². The van der Waals surface area contributed by atoms with E-state index in [1.807, 2.05) is 19.1 Å². The van der Waals surface area contributed by atoms with Crippen LogP contribution in [0.25, 0.3) is 0 Å². The number of carbonyl (C=O) groups excluding carboxylic acids is 1. The van der Waals surface area contributed by atoms with Crippen molar-refractivity contribution in [1.82, 2.24) is 0 Å². The van der Waals surface area contributed by atoms with Crippen LogP contribution >= 0.6 is 0 Å². The third-order valence-corrected chi connectivity index (χ3v) is 4.80.